The number of rotatable bonds is 4. The summed E-state index contributed by atoms with van der Waals surface area (Å²) in [5.41, 5.74) is -0.619. The molecule has 0 aromatic carbocycles. The van der Waals surface area contributed by atoms with Crippen LogP contribution in [0.5, 0.6) is 0 Å². The summed E-state index contributed by atoms with van der Waals surface area (Å²) < 4.78 is 10.9. The van der Waals surface area contributed by atoms with Crippen LogP contribution in [0.25, 0.3) is 0 Å². The Hall–Kier alpha value is -2.90. The minimum Gasteiger partial charge on any atom is -0.492 e. The number of ketones is 2. The number of allylic oxidation sites excluding steroid dienone is 2. The Morgan fingerprint density at radius 3 is 2.45 bits per heavy atom. The van der Waals surface area contributed by atoms with Crippen LogP contribution in [0.4, 0.5) is 0 Å². The lowest BCUT2D eigenvalue weighted by Gasteiger charge is -2.12. The first kappa shape index (κ1) is 15.5. The quantitative estimate of drug-likeness (QED) is 0.814. The van der Waals surface area contributed by atoms with E-state index in [9.17, 15) is 24.3 Å². The van der Waals surface area contributed by atoms with Crippen LogP contribution in [-0.4, -0.2) is 40.3 Å². The van der Waals surface area contributed by atoms with Crippen molar-refractivity contribution < 1.29 is 33.8 Å². The van der Waals surface area contributed by atoms with E-state index in [0.29, 0.717) is 0 Å². The fraction of sp³-hybridized carbons (Fsp3) is 0.286. The lowest BCUT2D eigenvalue weighted by Crippen LogP contribution is -2.20. The zero-order valence-electron chi connectivity index (χ0n) is 12.1. The van der Waals surface area contributed by atoms with Gasteiger partial charge >= 0.3 is 11.9 Å². The zero-order valence-corrected chi connectivity index (χ0v) is 12.1. The summed E-state index contributed by atoms with van der Waals surface area (Å²) in [7, 11) is 2.64. The molecule has 0 saturated heterocycles. The van der Waals surface area contributed by atoms with Crippen molar-refractivity contribution in [3.05, 3.63) is 34.3 Å². The maximum atomic E-state index is 12.3. The van der Waals surface area contributed by atoms with Crippen LogP contribution in [0.3, 0.4) is 0 Å². The van der Waals surface area contributed by atoms with E-state index in [0.717, 1.165) is 6.08 Å². The maximum absolute atomic E-state index is 12.3. The molecule has 0 spiro atoms. The molecule has 0 saturated carbocycles. The highest BCUT2D eigenvalue weighted by atomic mass is 16.5. The van der Waals surface area contributed by atoms with Crippen molar-refractivity contribution in [1.82, 2.24) is 4.57 Å². The third kappa shape index (κ3) is 2.28. The number of aromatic carboxylic acids is 1. The first-order valence-corrected chi connectivity index (χ1v) is 6.22. The van der Waals surface area contributed by atoms with Crippen molar-refractivity contribution in [1.29, 1.82) is 0 Å². The Morgan fingerprint density at radius 1 is 1.32 bits per heavy atom. The number of hydrogen-bond acceptors (Lipinski definition) is 6. The lowest BCUT2D eigenvalue weighted by molar-refractivity contribution is -0.142. The van der Waals surface area contributed by atoms with Crippen LogP contribution in [0, 0.1) is 0 Å². The van der Waals surface area contributed by atoms with Gasteiger partial charge in [-0.25, -0.2) is 4.79 Å². The van der Waals surface area contributed by atoms with Crippen molar-refractivity contribution in [2.45, 2.75) is 13.5 Å². The molecule has 0 unspecified atom stereocenters. The topological polar surface area (TPSA) is 112 Å². The molecule has 8 nitrogen and oxygen atoms in total. The number of carboxylic acids is 1. The first-order valence-electron chi connectivity index (χ1n) is 6.22. The Bertz CT molecular complexity index is 739. The predicted molar refractivity (Wildman–Crippen MR) is 71.6 cm³/mol. The minimum atomic E-state index is -1.39. The highest BCUT2D eigenvalue weighted by Crippen LogP contribution is 2.30. The molecule has 2 rings (SSSR count). The van der Waals surface area contributed by atoms with Crippen molar-refractivity contribution in [2.24, 2.45) is 7.05 Å². The van der Waals surface area contributed by atoms with Gasteiger partial charge in [-0.1, -0.05) is 0 Å². The Morgan fingerprint density at radius 2 is 1.95 bits per heavy atom. The minimum absolute atomic E-state index is 0.0557. The van der Waals surface area contributed by atoms with E-state index >= 15 is 0 Å². The third-order valence-corrected chi connectivity index (χ3v) is 3.31. The summed E-state index contributed by atoms with van der Waals surface area (Å²) in [6.45, 7) is 0.813. The second-order valence-electron chi connectivity index (χ2n) is 4.60. The highest BCUT2D eigenvalue weighted by Gasteiger charge is 2.37. The van der Waals surface area contributed by atoms with Gasteiger partial charge in [0.1, 0.15) is 12.3 Å². The molecule has 0 atom stereocenters. The SMILES string of the molecule is COC1=CC(=O)c2c(c(C(=O)O)c(COC(C)=O)n2C)C1=O. The Balaban J connectivity index is 2.69. The van der Waals surface area contributed by atoms with Crippen molar-refractivity contribution in [3.8, 4) is 0 Å². The average molecular weight is 307 g/mol. The number of ether oxygens (including phenoxy) is 2. The number of carbonyl (C=O) groups excluding carboxylic acids is 3. The molecule has 1 aromatic heterocycles. The summed E-state index contributed by atoms with van der Waals surface area (Å²) in [5, 5.41) is 9.39. The molecule has 8 heteroatoms. The summed E-state index contributed by atoms with van der Waals surface area (Å²) in [5.74, 6) is -3.48. The number of methoxy groups -OCH3 is 1. The van der Waals surface area contributed by atoms with Gasteiger partial charge in [0.05, 0.1) is 23.9 Å². The smallest absolute Gasteiger partial charge is 0.338 e. The van der Waals surface area contributed by atoms with Gasteiger partial charge in [-0.3, -0.25) is 14.4 Å². The van der Waals surface area contributed by atoms with Gasteiger partial charge in [0.2, 0.25) is 11.6 Å². The van der Waals surface area contributed by atoms with Gasteiger partial charge < -0.3 is 19.1 Å². The van der Waals surface area contributed by atoms with Crippen molar-refractivity contribution in [3.63, 3.8) is 0 Å². The maximum Gasteiger partial charge on any atom is 0.338 e. The number of carboxylic acid groups (broad SMARTS) is 1. The van der Waals surface area contributed by atoms with Crippen LogP contribution >= 0.6 is 0 Å². The van der Waals surface area contributed by atoms with Gasteiger partial charge in [-0.05, 0) is 0 Å². The fourth-order valence-electron chi connectivity index (χ4n) is 2.34. The zero-order chi connectivity index (χ0) is 16.6. The van der Waals surface area contributed by atoms with E-state index in [-0.39, 0.29) is 34.9 Å². The van der Waals surface area contributed by atoms with Crippen LogP contribution < -0.4 is 0 Å². The van der Waals surface area contributed by atoms with Crippen LogP contribution in [0.15, 0.2) is 11.8 Å². The predicted octanol–water partition coefficient (Wildman–Crippen LogP) is 0.696. The monoisotopic (exact) mass is 307 g/mol. The van der Waals surface area contributed by atoms with E-state index < -0.39 is 23.5 Å². The molecule has 0 fully saturated rings. The third-order valence-electron chi connectivity index (χ3n) is 3.31. The summed E-state index contributed by atoms with van der Waals surface area (Å²) in [4.78, 5) is 46.9. The van der Waals surface area contributed by atoms with E-state index in [4.69, 9.17) is 9.47 Å². The molecule has 1 aliphatic carbocycles. The highest BCUT2D eigenvalue weighted by molar-refractivity contribution is 6.26. The van der Waals surface area contributed by atoms with Gasteiger partial charge in [-0.15, -0.1) is 0 Å². The summed E-state index contributed by atoms with van der Waals surface area (Å²) >= 11 is 0. The standard InChI is InChI=1S/C14H13NO7/c1-6(16)22-5-7-10(14(19)20)11-12(15(7)2)8(17)4-9(21-3)13(11)18/h4H,5H2,1-3H3,(H,19,20). The van der Waals surface area contributed by atoms with E-state index in [1.165, 1.54) is 25.6 Å². The molecule has 116 valence electrons. The number of hydrogen-bond donors (Lipinski definition) is 1. The number of aromatic nitrogens is 1. The molecule has 22 heavy (non-hydrogen) atoms. The number of Topliss-reactive ketones (excluding diaryl/α,β-unsaturated/α-hetero) is 1. The molecule has 1 aromatic rings. The second-order valence-corrected chi connectivity index (χ2v) is 4.60. The van der Waals surface area contributed by atoms with Crippen molar-refractivity contribution >= 4 is 23.5 Å². The van der Waals surface area contributed by atoms with E-state index in [1.807, 2.05) is 0 Å². The first-order chi connectivity index (χ1) is 10.3. The molecule has 1 aliphatic rings. The molecule has 1 N–H and O–H groups in total. The summed E-state index contributed by atoms with van der Waals surface area (Å²) in [6, 6.07) is 0. The van der Waals surface area contributed by atoms with Gasteiger partial charge in [0.15, 0.2) is 5.76 Å². The van der Waals surface area contributed by atoms with Gasteiger partial charge in [0, 0.05) is 20.0 Å². The number of esters is 1. The number of nitrogens with zero attached hydrogens (tertiary/aromatic N) is 1. The van der Waals surface area contributed by atoms with Crippen LogP contribution in [0.1, 0.15) is 43.8 Å². The Kier molecular flexibility index (Phi) is 3.85. The van der Waals surface area contributed by atoms with Gasteiger partial charge in [-0.2, -0.15) is 0 Å². The van der Waals surface area contributed by atoms with Crippen LogP contribution in [0.2, 0.25) is 0 Å². The van der Waals surface area contributed by atoms with Crippen molar-refractivity contribution in [2.75, 3.05) is 7.11 Å². The molecule has 0 radical (unpaired) electrons. The summed E-state index contributed by atoms with van der Waals surface area (Å²) in [6.07, 6.45) is 1.01. The number of fused-ring (bicyclic) bond motifs is 1. The lowest BCUT2D eigenvalue weighted by atomic mass is 9.96. The molecule has 0 amide bonds. The number of carbonyl (C=O) groups is 4. The molecule has 1 heterocycles. The Labute approximate surface area is 124 Å². The average Bonchev–Trinajstić information content (AvgIpc) is 2.74. The fourth-order valence-corrected chi connectivity index (χ4v) is 2.34. The molecular formula is C14H13NO7. The van der Waals surface area contributed by atoms with E-state index in [1.54, 1.807) is 0 Å². The molecule has 0 bridgehead atoms. The van der Waals surface area contributed by atoms with Crippen LogP contribution in [-0.2, 0) is 27.9 Å². The van der Waals surface area contributed by atoms with E-state index in [2.05, 4.69) is 0 Å². The normalized spacial score (nSPS) is 13.5. The van der Waals surface area contributed by atoms with Gasteiger partial charge in [0.25, 0.3) is 0 Å². The second kappa shape index (κ2) is 5.47. The molecular weight excluding hydrogens is 294 g/mol. The largest absolute Gasteiger partial charge is 0.492 e. The molecule has 0 aliphatic heterocycles.